The molecule has 3 N–H and O–H groups in total. The number of hydrogen-bond donors (Lipinski definition) is 3. The van der Waals surface area contributed by atoms with E-state index in [-0.39, 0.29) is 19.1 Å². The third-order valence-electron chi connectivity index (χ3n) is 3.06. The first-order valence-electron chi connectivity index (χ1n) is 5.81. The number of carbonyl (C=O) groups excluding carboxylic acids is 1. The molecule has 1 heterocycles. The fourth-order valence-corrected chi connectivity index (χ4v) is 1.64. The maximum absolute atomic E-state index is 12.0. The van der Waals surface area contributed by atoms with Crippen molar-refractivity contribution in [1.82, 2.24) is 9.88 Å². The second-order valence-electron chi connectivity index (χ2n) is 4.08. The number of amides is 1. The van der Waals surface area contributed by atoms with Crippen molar-refractivity contribution in [3.8, 4) is 0 Å². The van der Waals surface area contributed by atoms with Crippen LogP contribution in [0.25, 0.3) is 0 Å². The Morgan fingerprint density at radius 2 is 2.06 bits per heavy atom. The van der Waals surface area contributed by atoms with Crippen LogP contribution in [0, 0.1) is 0 Å². The Balaban J connectivity index is 2.84. The highest BCUT2D eigenvalue weighted by atomic mass is 16.3. The molecule has 1 amide bonds. The SMILES string of the molecule is CCn1cccc1C(=O)NC(CC)(CO)CO. The fourth-order valence-electron chi connectivity index (χ4n) is 1.64. The summed E-state index contributed by atoms with van der Waals surface area (Å²) in [4.78, 5) is 12.0. The summed E-state index contributed by atoms with van der Waals surface area (Å²) < 4.78 is 1.81. The minimum atomic E-state index is -0.945. The smallest absolute Gasteiger partial charge is 0.268 e. The summed E-state index contributed by atoms with van der Waals surface area (Å²) in [6, 6.07) is 3.51. The van der Waals surface area contributed by atoms with Crippen molar-refractivity contribution in [1.29, 1.82) is 0 Å². The van der Waals surface area contributed by atoms with Gasteiger partial charge < -0.3 is 20.1 Å². The highest BCUT2D eigenvalue weighted by molar-refractivity contribution is 5.93. The van der Waals surface area contributed by atoms with Crippen molar-refractivity contribution < 1.29 is 15.0 Å². The standard InChI is InChI=1S/C12H20N2O3/c1-3-12(8-15,9-16)13-11(17)10-6-5-7-14(10)4-2/h5-7,15-16H,3-4,8-9H2,1-2H3,(H,13,17). The number of hydrogen-bond acceptors (Lipinski definition) is 3. The molecule has 0 aliphatic rings. The first kappa shape index (κ1) is 13.7. The van der Waals surface area contributed by atoms with Crippen LogP contribution in [0.15, 0.2) is 18.3 Å². The predicted molar refractivity (Wildman–Crippen MR) is 64.8 cm³/mol. The summed E-state index contributed by atoms with van der Waals surface area (Å²) in [5.41, 5.74) is -0.410. The number of aliphatic hydroxyl groups is 2. The fraction of sp³-hybridized carbons (Fsp3) is 0.583. The van der Waals surface area contributed by atoms with Crippen molar-refractivity contribution in [2.45, 2.75) is 32.4 Å². The van der Waals surface area contributed by atoms with E-state index in [0.29, 0.717) is 18.7 Å². The van der Waals surface area contributed by atoms with E-state index in [2.05, 4.69) is 5.32 Å². The zero-order chi connectivity index (χ0) is 12.9. The molecule has 0 aliphatic carbocycles. The van der Waals surface area contributed by atoms with Gasteiger partial charge in [-0.05, 0) is 25.5 Å². The normalized spacial score (nSPS) is 11.5. The van der Waals surface area contributed by atoms with Crippen molar-refractivity contribution in [2.75, 3.05) is 13.2 Å². The maximum atomic E-state index is 12.0. The molecular weight excluding hydrogens is 220 g/mol. The van der Waals surface area contributed by atoms with Crippen LogP contribution >= 0.6 is 0 Å². The van der Waals surface area contributed by atoms with E-state index in [1.807, 2.05) is 24.6 Å². The first-order valence-corrected chi connectivity index (χ1v) is 5.81. The van der Waals surface area contributed by atoms with Crippen LogP contribution in [-0.2, 0) is 6.54 Å². The molecule has 5 nitrogen and oxygen atoms in total. The molecule has 0 fully saturated rings. The summed E-state index contributed by atoms with van der Waals surface area (Å²) in [6.45, 7) is 3.90. The van der Waals surface area contributed by atoms with Gasteiger partial charge in [0.1, 0.15) is 5.69 Å². The summed E-state index contributed by atoms with van der Waals surface area (Å²) in [7, 11) is 0. The number of aromatic nitrogens is 1. The van der Waals surface area contributed by atoms with Gasteiger partial charge in [0.05, 0.1) is 18.8 Å². The Hall–Kier alpha value is -1.33. The van der Waals surface area contributed by atoms with Gasteiger partial charge in [0, 0.05) is 12.7 Å². The monoisotopic (exact) mass is 240 g/mol. The van der Waals surface area contributed by atoms with Gasteiger partial charge in [0.15, 0.2) is 0 Å². The van der Waals surface area contributed by atoms with Crippen molar-refractivity contribution in [3.63, 3.8) is 0 Å². The van der Waals surface area contributed by atoms with E-state index in [1.54, 1.807) is 12.1 Å². The predicted octanol–water partition coefficient (Wildman–Crippen LogP) is 0.371. The lowest BCUT2D eigenvalue weighted by atomic mass is 9.98. The van der Waals surface area contributed by atoms with Crippen molar-refractivity contribution in [3.05, 3.63) is 24.0 Å². The van der Waals surface area contributed by atoms with Crippen LogP contribution in [0.5, 0.6) is 0 Å². The lowest BCUT2D eigenvalue weighted by Crippen LogP contribution is -2.54. The van der Waals surface area contributed by atoms with Gasteiger partial charge in [0.2, 0.25) is 0 Å². The van der Waals surface area contributed by atoms with Crippen LogP contribution in [0.3, 0.4) is 0 Å². The Morgan fingerprint density at radius 1 is 1.41 bits per heavy atom. The van der Waals surface area contributed by atoms with Crippen LogP contribution in [-0.4, -0.2) is 39.4 Å². The van der Waals surface area contributed by atoms with Crippen LogP contribution in [0.1, 0.15) is 30.8 Å². The highest BCUT2D eigenvalue weighted by Gasteiger charge is 2.29. The van der Waals surface area contributed by atoms with Gasteiger partial charge >= 0.3 is 0 Å². The van der Waals surface area contributed by atoms with E-state index in [1.165, 1.54) is 0 Å². The van der Waals surface area contributed by atoms with Crippen LogP contribution in [0.2, 0.25) is 0 Å². The second-order valence-corrected chi connectivity index (χ2v) is 4.08. The number of rotatable bonds is 6. The molecular formula is C12H20N2O3. The zero-order valence-corrected chi connectivity index (χ0v) is 10.3. The van der Waals surface area contributed by atoms with Gasteiger partial charge in [-0.1, -0.05) is 6.92 Å². The number of aryl methyl sites for hydroxylation is 1. The Morgan fingerprint density at radius 3 is 2.53 bits per heavy atom. The van der Waals surface area contributed by atoms with Gasteiger partial charge in [-0.25, -0.2) is 0 Å². The van der Waals surface area contributed by atoms with Gasteiger partial charge in [-0.2, -0.15) is 0 Å². The molecule has 0 aromatic carbocycles. The van der Waals surface area contributed by atoms with Crippen molar-refractivity contribution >= 4 is 5.91 Å². The van der Waals surface area contributed by atoms with Crippen molar-refractivity contribution in [2.24, 2.45) is 0 Å². The molecule has 0 unspecified atom stereocenters. The molecule has 0 atom stereocenters. The number of nitrogens with one attached hydrogen (secondary N) is 1. The molecule has 0 saturated heterocycles. The third kappa shape index (κ3) is 2.87. The molecule has 96 valence electrons. The maximum Gasteiger partial charge on any atom is 0.268 e. The zero-order valence-electron chi connectivity index (χ0n) is 10.3. The van der Waals surface area contributed by atoms with E-state index in [9.17, 15) is 15.0 Å². The lowest BCUT2D eigenvalue weighted by molar-refractivity contribution is 0.0646. The van der Waals surface area contributed by atoms with Gasteiger partial charge in [0.25, 0.3) is 5.91 Å². The van der Waals surface area contributed by atoms with E-state index < -0.39 is 5.54 Å². The minimum absolute atomic E-state index is 0.276. The molecule has 0 radical (unpaired) electrons. The Bertz CT molecular complexity index is 361. The average molecular weight is 240 g/mol. The Labute approximate surface area is 101 Å². The molecule has 0 bridgehead atoms. The highest BCUT2D eigenvalue weighted by Crippen LogP contribution is 2.11. The van der Waals surface area contributed by atoms with Gasteiger partial charge in [-0.3, -0.25) is 4.79 Å². The van der Waals surface area contributed by atoms with Crippen LogP contribution in [0.4, 0.5) is 0 Å². The minimum Gasteiger partial charge on any atom is -0.394 e. The van der Waals surface area contributed by atoms with E-state index in [4.69, 9.17) is 0 Å². The quantitative estimate of drug-likeness (QED) is 0.672. The molecule has 1 rings (SSSR count). The van der Waals surface area contributed by atoms with Gasteiger partial charge in [-0.15, -0.1) is 0 Å². The summed E-state index contributed by atoms with van der Waals surface area (Å²) >= 11 is 0. The largest absolute Gasteiger partial charge is 0.394 e. The number of carbonyl (C=O) groups is 1. The third-order valence-corrected chi connectivity index (χ3v) is 3.06. The molecule has 1 aromatic rings. The molecule has 0 saturated carbocycles. The molecule has 5 heteroatoms. The molecule has 0 spiro atoms. The summed E-state index contributed by atoms with van der Waals surface area (Å²) in [5, 5.41) is 21.2. The molecule has 0 aliphatic heterocycles. The molecule has 1 aromatic heterocycles. The summed E-state index contributed by atoms with van der Waals surface area (Å²) in [6.07, 6.45) is 2.29. The Kier molecular flexibility index (Phi) is 4.72. The lowest BCUT2D eigenvalue weighted by Gasteiger charge is -2.29. The second kappa shape index (κ2) is 5.84. The van der Waals surface area contributed by atoms with E-state index in [0.717, 1.165) is 0 Å². The first-order chi connectivity index (χ1) is 8.12. The average Bonchev–Trinajstić information content (AvgIpc) is 2.84. The summed E-state index contributed by atoms with van der Waals surface area (Å²) in [5.74, 6) is -0.276. The topological polar surface area (TPSA) is 74.5 Å². The number of aliphatic hydroxyl groups excluding tert-OH is 2. The number of nitrogens with zero attached hydrogens (tertiary/aromatic N) is 1. The van der Waals surface area contributed by atoms with E-state index >= 15 is 0 Å². The van der Waals surface area contributed by atoms with Crippen LogP contribution < -0.4 is 5.32 Å². The molecule has 17 heavy (non-hydrogen) atoms.